The molecule has 1 aromatic carbocycles. The van der Waals surface area contributed by atoms with Crippen LogP contribution in [0.25, 0.3) is 0 Å². The number of hydrogen-bond donors (Lipinski definition) is 0. The minimum Gasteiger partial charge on any atom is -0.198 e. The molecule has 0 aliphatic heterocycles. The first-order valence-corrected chi connectivity index (χ1v) is 5.34. The molecule has 0 N–H and O–H groups in total. The molecule has 0 heterocycles. The van der Waals surface area contributed by atoms with Crippen LogP contribution in [0.5, 0.6) is 0 Å². The molecule has 0 aliphatic carbocycles. The van der Waals surface area contributed by atoms with Crippen molar-refractivity contribution in [3.8, 4) is 6.07 Å². The van der Waals surface area contributed by atoms with Crippen LogP contribution >= 0.6 is 38.5 Å². The van der Waals surface area contributed by atoms with Crippen LogP contribution in [0.2, 0.25) is 0 Å². The lowest BCUT2D eigenvalue weighted by molar-refractivity contribution is 1.20. The van der Waals surface area contributed by atoms with Gasteiger partial charge in [0, 0.05) is 8.04 Å². The zero-order valence-corrected chi connectivity index (χ0v) is 10.3. The fraction of sp³-hybridized carbons (Fsp3) is 0.222. The molecule has 0 amide bonds. The molecule has 0 aliphatic rings. The number of benzene rings is 1. The Bertz CT molecular complexity index is 341. The highest BCUT2D eigenvalue weighted by Crippen LogP contribution is 2.25. The highest BCUT2D eigenvalue weighted by atomic mass is 127. The van der Waals surface area contributed by atoms with E-state index < -0.39 is 0 Å². The molecule has 0 unspecified atom stereocenters. The van der Waals surface area contributed by atoms with Gasteiger partial charge >= 0.3 is 0 Å². The Morgan fingerprint density at radius 1 is 1.58 bits per heavy atom. The van der Waals surface area contributed by atoms with Gasteiger partial charge in [0.2, 0.25) is 0 Å². The van der Waals surface area contributed by atoms with Crippen LogP contribution in [0.1, 0.15) is 11.1 Å². The van der Waals surface area contributed by atoms with Gasteiger partial charge in [0.15, 0.2) is 0 Å². The van der Waals surface area contributed by atoms with Gasteiger partial charge in [-0.15, -0.1) is 0 Å². The molecule has 62 valence electrons. The van der Waals surface area contributed by atoms with E-state index in [0.29, 0.717) is 6.42 Å². The lowest BCUT2D eigenvalue weighted by Crippen LogP contribution is -1.92. The Morgan fingerprint density at radius 2 is 2.25 bits per heavy atom. The van der Waals surface area contributed by atoms with Crippen LogP contribution in [0.3, 0.4) is 0 Å². The summed E-state index contributed by atoms with van der Waals surface area (Å²) in [5.74, 6) is 0. The third-order valence-corrected chi connectivity index (χ3v) is 3.88. The summed E-state index contributed by atoms with van der Waals surface area (Å²) in [4.78, 5) is 0. The van der Waals surface area contributed by atoms with Crippen LogP contribution in [-0.2, 0) is 6.42 Å². The van der Waals surface area contributed by atoms with E-state index in [1.807, 2.05) is 12.1 Å². The van der Waals surface area contributed by atoms with E-state index in [2.05, 4.69) is 51.5 Å². The lowest BCUT2D eigenvalue weighted by Gasteiger charge is -2.05. The molecule has 1 nitrogen and oxygen atoms in total. The number of nitrogens with zero attached hydrogens (tertiary/aromatic N) is 1. The number of rotatable bonds is 1. The summed E-state index contributed by atoms with van der Waals surface area (Å²) in [6, 6.07) is 6.20. The molecule has 3 heteroatoms. The summed E-state index contributed by atoms with van der Waals surface area (Å²) >= 11 is 5.70. The monoisotopic (exact) mass is 335 g/mol. The van der Waals surface area contributed by atoms with Crippen molar-refractivity contribution in [1.29, 1.82) is 5.26 Å². The molecule has 0 saturated heterocycles. The van der Waals surface area contributed by atoms with Gasteiger partial charge in [-0.25, -0.2) is 0 Å². The van der Waals surface area contributed by atoms with E-state index in [-0.39, 0.29) is 0 Å². The first-order chi connectivity index (χ1) is 5.66. The summed E-state index contributed by atoms with van der Waals surface area (Å²) in [5, 5.41) is 8.59. The number of nitriles is 1. The zero-order chi connectivity index (χ0) is 9.14. The van der Waals surface area contributed by atoms with Crippen molar-refractivity contribution in [1.82, 2.24) is 0 Å². The Labute approximate surface area is 94.0 Å². The number of halogens is 2. The molecule has 0 spiro atoms. The van der Waals surface area contributed by atoms with Crippen molar-refractivity contribution in [2.45, 2.75) is 13.3 Å². The van der Waals surface area contributed by atoms with Crippen molar-refractivity contribution >= 4 is 38.5 Å². The van der Waals surface area contributed by atoms with Crippen LogP contribution in [0, 0.1) is 21.8 Å². The standard InChI is InChI=1S/C9H7BrIN/c1-6-2-3-8(10)7(4-5-12)9(6)11/h2-3H,4H2,1H3. The van der Waals surface area contributed by atoms with Gasteiger partial charge in [-0.3, -0.25) is 0 Å². The maximum atomic E-state index is 8.59. The van der Waals surface area contributed by atoms with E-state index in [4.69, 9.17) is 5.26 Å². The van der Waals surface area contributed by atoms with Crippen molar-refractivity contribution in [2.24, 2.45) is 0 Å². The van der Waals surface area contributed by atoms with Crippen molar-refractivity contribution in [3.05, 3.63) is 31.3 Å². The third-order valence-electron chi connectivity index (χ3n) is 1.63. The average Bonchev–Trinajstić information content (AvgIpc) is 2.06. The van der Waals surface area contributed by atoms with Gasteiger partial charge in [-0.05, 0) is 46.7 Å². The molecule has 1 aromatic rings. The third kappa shape index (κ3) is 1.99. The molecular weight excluding hydrogens is 329 g/mol. The van der Waals surface area contributed by atoms with Crippen molar-refractivity contribution in [3.63, 3.8) is 0 Å². The molecule has 0 atom stereocenters. The van der Waals surface area contributed by atoms with Crippen LogP contribution in [0.4, 0.5) is 0 Å². The van der Waals surface area contributed by atoms with Gasteiger partial charge in [-0.1, -0.05) is 22.0 Å². The van der Waals surface area contributed by atoms with Gasteiger partial charge < -0.3 is 0 Å². The second-order valence-corrected chi connectivity index (χ2v) is 4.42. The highest BCUT2D eigenvalue weighted by Gasteiger charge is 2.05. The SMILES string of the molecule is Cc1ccc(Br)c(CC#N)c1I. The quantitative estimate of drug-likeness (QED) is 0.721. The van der Waals surface area contributed by atoms with Crippen molar-refractivity contribution in [2.75, 3.05) is 0 Å². The molecule has 0 bridgehead atoms. The predicted molar refractivity (Wildman–Crippen MR) is 60.9 cm³/mol. The maximum absolute atomic E-state index is 8.59. The van der Waals surface area contributed by atoms with Crippen molar-refractivity contribution < 1.29 is 0 Å². The van der Waals surface area contributed by atoms with Crippen LogP contribution in [0.15, 0.2) is 16.6 Å². The lowest BCUT2D eigenvalue weighted by atomic mass is 10.1. The van der Waals surface area contributed by atoms with E-state index in [1.165, 1.54) is 9.13 Å². The van der Waals surface area contributed by atoms with E-state index in [0.717, 1.165) is 10.0 Å². The Kier molecular flexibility index (Phi) is 3.53. The summed E-state index contributed by atoms with van der Waals surface area (Å²) in [6.07, 6.45) is 0.473. The maximum Gasteiger partial charge on any atom is 0.0670 e. The average molecular weight is 336 g/mol. The fourth-order valence-corrected chi connectivity index (χ4v) is 2.46. The Hall–Kier alpha value is -0.0800. The molecule has 0 aromatic heterocycles. The minimum atomic E-state index is 0.473. The normalized spacial score (nSPS) is 9.50. The van der Waals surface area contributed by atoms with Gasteiger partial charge in [0.05, 0.1) is 12.5 Å². The van der Waals surface area contributed by atoms with E-state index >= 15 is 0 Å². The van der Waals surface area contributed by atoms with Gasteiger partial charge in [-0.2, -0.15) is 5.26 Å². The topological polar surface area (TPSA) is 23.8 Å². The van der Waals surface area contributed by atoms with Crippen LogP contribution < -0.4 is 0 Å². The van der Waals surface area contributed by atoms with Gasteiger partial charge in [0.1, 0.15) is 0 Å². The number of aryl methyl sites for hydroxylation is 1. The largest absolute Gasteiger partial charge is 0.198 e. The first kappa shape index (κ1) is 10.0. The number of hydrogen-bond acceptors (Lipinski definition) is 1. The Morgan fingerprint density at radius 3 is 2.83 bits per heavy atom. The first-order valence-electron chi connectivity index (χ1n) is 3.47. The summed E-state index contributed by atoms with van der Waals surface area (Å²) in [5.41, 5.74) is 2.32. The van der Waals surface area contributed by atoms with Crippen LogP contribution in [-0.4, -0.2) is 0 Å². The minimum absolute atomic E-state index is 0.473. The molecule has 0 radical (unpaired) electrons. The molecule has 0 saturated carbocycles. The fourth-order valence-electron chi connectivity index (χ4n) is 0.956. The van der Waals surface area contributed by atoms with E-state index in [9.17, 15) is 0 Å². The second-order valence-electron chi connectivity index (χ2n) is 2.49. The summed E-state index contributed by atoms with van der Waals surface area (Å²) in [6.45, 7) is 2.05. The summed E-state index contributed by atoms with van der Waals surface area (Å²) in [7, 11) is 0. The van der Waals surface area contributed by atoms with Gasteiger partial charge in [0.25, 0.3) is 0 Å². The smallest absolute Gasteiger partial charge is 0.0670 e. The highest BCUT2D eigenvalue weighted by molar-refractivity contribution is 14.1. The molecule has 1 rings (SSSR count). The Balaban J connectivity index is 3.25. The molecule has 0 fully saturated rings. The molecular formula is C9H7BrIN. The van der Waals surface area contributed by atoms with E-state index in [1.54, 1.807) is 0 Å². The predicted octanol–water partition coefficient (Wildman–Crippen LogP) is 3.43. The molecule has 12 heavy (non-hydrogen) atoms. The summed E-state index contributed by atoms with van der Waals surface area (Å²) < 4.78 is 2.21. The second kappa shape index (κ2) is 4.24. The zero-order valence-electron chi connectivity index (χ0n) is 6.56.